The molecule has 5 nitrogen and oxygen atoms in total. The minimum Gasteiger partial charge on any atom is -0.495 e. The van der Waals surface area contributed by atoms with Crippen LogP contribution < -0.4 is 10.5 Å². The van der Waals surface area contributed by atoms with Gasteiger partial charge in [0.05, 0.1) is 31.6 Å². The second-order valence-corrected chi connectivity index (χ2v) is 4.17. The van der Waals surface area contributed by atoms with Crippen molar-refractivity contribution in [1.82, 2.24) is 0 Å². The minimum absolute atomic E-state index is 0.0606. The van der Waals surface area contributed by atoms with Crippen LogP contribution in [0.3, 0.4) is 0 Å². The average molecular weight is 251 g/mol. The molecule has 0 aromatic heterocycles. The number of hydrogen-bond donors (Lipinski definition) is 1. The maximum absolute atomic E-state index is 11.9. The van der Waals surface area contributed by atoms with Gasteiger partial charge in [0.15, 0.2) is 0 Å². The summed E-state index contributed by atoms with van der Waals surface area (Å²) in [7, 11) is 1.53. The average Bonchev–Trinajstić information content (AvgIpc) is 2.39. The Balaban J connectivity index is 2.01. The van der Waals surface area contributed by atoms with Gasteiger partial charge in [0.2, 0.25) is 0 Å². The van der Waals surface area contributed by atoms with Crippen LogP contribution in [0.1, 0.15) is 23.2 Å². The Morgan fingerprint density at radius 2 is 2.11 bits per heavy atom. The van der Waals surface area contributed by atoms with Crippen molar-refractivity contribution in [3.05, 3.63) is 23.8 Å². The first kappa shape index (κ1) is 12.7. The minimum atomic E-state index is -0.351. The highest BCUT2D eigenvalue weighted by Crippen LogP contribution is 2.23. The predicted molar refractivity (Wildman–Crippen MR) is 66.7 cm³/mol. The molecule has 0 aliphatic carbocycles. The lowest BCUT2D eigenvalue weighted by molar-refractivity contribution is -0.0159. The molecule has 0 saturated carbocycles. The van der Waals surface area contributed by atoms with E-state index in [1.165, 1.54) is 7.11 Å². The highest BCUT2D eigenvalue weighted by Gasteiger charge is 2.19. The Morgan fingerprint density at radius 1 is 1.39 bits per heavy atom. The second-order valence-electron chi connectivity index (χ2n) is 4.17. The fourth-order valence-electron chi connectivity index (χ4n) is 1.87. The van der Waals surface area contributed by atoms with Gasteiger partial charge in [-0.1, -0.05) is 0 Å². The Morgan fingerprint density at radius 3 is 2.72 bits per heavy atom. The number of anilines is 1. The zero-order valence-corrected chi connectivity index (χ0v) is 10.3. The van der Waals surface area contributed by atoms with E-state index in [-0.39, 0.29) is 12.1 Å². The number of benzene rings is 1. The van der Waals surface area contributed by atoms with Gasteiger partial charge in [-0.15, -0.1) is 0 Å². The molecule has 1 saturated heterocycles. The summed E-state index contributed by atoms with van der Waals surface area (Å²) in [5, 5.41) is 0. The summed E-state index contributed by atoms with van der Waals surface area (Å²) in [4.78, 5) is 11.9. The molecule has 0 atom stereocenters. The van der Waals surface area contributed by atoms with Crippen LogP contribution in [0.15, 0.2) is 18.2 Å². The van der Waals surface area contributed by atoms with Crippen LogP contribution in [0, 0.1) is 0 Å². The van der Waals surface area contributed by atoms with Crippen molar-refractivity contribution in [3.8, 4) is 5.75 Å². The van der Waals surface area contributed by atoms with Crippen LogP contribution in [-0.4, -0.2) is 32.4 Å². The maximum Gasteiger partial charge on any atom is 0.338 e. The zero-order chi connectivity index (χ0) is 13.0. The summed E-state index contributed by atoms with van der Waals surface area (Å²) in [5.74, 6) is 0.203. The number of methoxy groups -OCH3 is 1. The molecule has 5 heteroatoms. The normalized spacial score (nSPS) is 16.3. The molecule has 0 unspecified atom stereocenters. The number of hydrogen-bond acceptors (Lipinski definition) is 5. The molecule has 0 spiro atoms. The van der Waals surface area contributed by atoms with Gasteiger partial charge in [0, 0.05) is 12.8 Å². The van der Waals surface area contributed by atoms with E-state index in [4.69, 9.17) is 19.9 Å². The smallest absolute Gasteiger partial charge is 0.338 e. The lowest BCUT2D eigenvalue weighted by atomic mass is 10.1. The van der Waals surface area contributed by atoms with Crippen molar-refractivity contribution in [1.29, 1.82) is 0 Å². The predicted octanol–water partition coefficient (Wildman–Crippen LogP) is 1.61. The molecule has 1 heterocycles. The molecule has 1 fully saturated rings. The third-order valence-corrected chi connectivity index (χ3v) is 2.91. The topological polar surface area (TPSA) is 70.8 Å². The van der Waals surface area contributed by atoms with Crippen LogP contribution in [0.2, 0.25) is 0 Å². The molecule has 2 rings (SSSR count). The van der Waals surface area contributed by atoms with Gasteiger partial charge in [0.25, 0.3) is 0 Å². The van der Waals surface area contributed by atoms with Gasteiger partial charge in [0.1, 0.15) is 11.9 Å². The fraction of sp³-hybridized carbons (Fsp3) is 0.462. The number of carbonyl (C=O) groups is 1. The summed E-state index contributed by atoms with van der Waals surface area (Å²) in [6.45, 7) is 1.28. The fourth-order valence-corrected chi connectivity index (χ4v) is 1.87. The standard InChI is InChI=1S/C13H17NO4/c1-16-12-3-2-9(8-11(12)14)13(15)18-10-4-6-17-7-5-10/h2-3,8,10H,4-7,14H2,1H3. The molecule has 0 amide bonds. The first-order valence-corrected chi connectivity index (χ1v) is 5.93. The van der Waals surface area contributed by atoms with E-state index in [0.717, 1.165) is 12.8 Å². The first-order valence-electron chi connectivity index (χ1n) is 5.93. The lowest BCUT2D eigenvalue weighted by Gasteiger charge is -2.22. The van der Waals surface area contributed by atoms with Gasteiger partial charge < -0.3 is 19.9 Å². The monoisotopic (exact) mass is 251 g/mol. The Kier molecular flexibility index (Phi) is 4.04. The van der Waals surface area contributed by atoms with Gasteiger partial charge in [-0.2, -0.15) is 0 Å². The highest BCUT2D eigenvalue weighted by molar-refractivity contribution is 5.91. The Hall–Kier alpha value is -1.75. The number of esters is 1. The largest absolute Gasteiger partial charge is 0.495 e. The number of ether oxygens (including phenoxy) is 3. The zero-order valence-electron chi connectivity index (χ0n) is 10.3. The summed E-state index contributed by atoms with van der Waals surface area (Å²) >= 11 is 0. The maximum atomic E-state index is 11.9. The van der Waals surface area contributed by atoms with Gasteiger partial charge in [-0.3, -0.25) is 0 Å². The van der Waals surface area contributed by atoms with E-state index in [9.17, 15) is 4.79 Å². The molecule has 2 N–H and O–H groups in total. The number of carbonyl (C=O) groups excluding carboxylic acids is 1. The molecular formula is C13H17NO4. The van der Waals surface area contributed by atoms with E-state index in [1.807, 2.05) is 0 Å². The third kappa shape index (κ3) is 2.92. The molecule has 1 aromatic rings. The SMILES string of the molecule is COc1ccc(C(=O)OC2CCOCC2)cc1N. The molecule has 0 radical (unpaired) electrons. The molecule has 1 aliphatic rings. The molecule has 1 aliphatic heterocycles. The number of nitrogen functional groups attached to an aromatic ring is 1. The van der Waals surface area contributed by atoms with Crippen molar-refractivity contribution in [2.24, 2.45) is 0 Å². The summed E-state index contributed by atoms with van der Waals surface area (Å²) in [5.41, 5.74) is 6.62. The third-order valence-electron chi connectivity index (χ3n) is 2.91. The van der Waals surface area contributed by atoms with Crippen molar-refractivity contribution in [2.75, 3.05) is 26.1 Å². The summed E-state index contributed by atoms with van der Waals surface area (Å²) in [6.07, 6.45) is 1.43. The van der Waals surface area contributed by atoms with Crippen molar-refractivity contribution in [2.45, 2.75) is 18.9 Å². The molecule has 1 aromatic carbocycles. The van der Waals surface area contributed by atoms with Crippen LogP contribution in [0.4, 0.5) is 5.69 Å². The van der Waals surface area contributed by atoms with E-state index >= 15 is 0 Å². The van der Waals surface area contributed by atoms with Crippen molar-refractivity contribution < 1.29 is 19.0 Å². The van der Waals surface area contributed by atoms with Crippen molar-refractivity contribution >= 4 is 11.7 Å². The van der Waals surface area contributed by atoms with Crippen LogP contribution >= 0.6 is 0 Å². The first-order chi connectivity index (χ1) is 8.70. The molecule has 0 bridgehead atoms. The van der Waals surface area contributed by atoms with E-state index in [1.54, 1.807) is 18.2 Å². The molecule has 98 valence electrons. The van der Waals surface area contributed by atoms with E-state index < -0.39 is 0 Å². The Labute approximate surface area is 106 Å². The van der Waals surface area contributed by atoms with Crippen LogP contribution in [-0.2, 0) is 9.47 Å². The van der Waals surface area contributed by atoms with Gasteiger partial charge >= 0.3 is 5.97 Å². The molecular weight excluding hydrogens is 234 g/mol. The molecule has 18 heavy (non-hydrogen) atoms. The number of nitrogens with two attached hydrogens (primary N) is 1. The van der Waals surface area contributed by atoms with Crippen LogP contribution in [0.5, 0.6) is 5.75 Å². The van der Waals surface area contributed by atoms with Gasteiger partial charge in [-0.25, -0.2) is 4.79 Å². The second kappa shape index (κ2) is 5.73. The number of rotatable bonds is 3. The highest BCUT2D eigenvalue weighted by atomic mass is 16.6. The van der Waals surface area contributed by atoms with Gasteiger partial charge in [-0.05, 0) is 18.2 Å². The summed E-state index contributed by atoms with van der Waals surface area (Å²) in [6, 6.07) is 4.88. The van der Waals surface area contributed by atoms with Crippen LogP contribution in [0.25, 0.3) is 0 Å². The Bertz CT molecular complexity index is 427. The quantitative estimate of drug-likeness (QED) is 0.653. The van der Waals surface area contributed by atoms with E-state index in [0.29, 0.717) is 30.2 Å². The van der Waals surface area contributed by atoms with E-state index in [2.05, 4.69) is 0 Å². The summed E-state index contributed by atoms with van der Waals surface area (Å²) < 4.78 is 15.6. The lowest BCUT2D eigenvalue weighted by Crippen LogP contribution is -2.26. The van der Waals surface area contributed by atoms with Crippen molar-refractivity contribution in [3.63, 3.8) is 0 Å².